The van der Waals surface area contributed by atoms with Gasteiger partial charge in [0.15, 0.2) is 0 Å². The van der Waals surface area contributed by atoms with Crippen molar-refractivity contribution >= 4 is 0 Å². The van der Waals surface area contributed by atoms with E-state index in [4.69, 9.17) is 5.73 Å². The smallest absolute Gasteiger partial charge is 0.248 e. The molecule has 0 bridgehead atoms. The average molecular weight is 244 g/mol. The molecule has 2 rings (SSSR count). The standard InChI is InChI=1S/C11H18F2N4/c1-2-17-9(7-14)15-16-10(17)8-3-5-11(12,13)6-4-8/h8H,2-7,14H2,1H3. The lowest BCUT2D eigenvalue weighted by Gasteiger charge is -2.27. The molecule has 1 aliphatic rings. The van der Waals surface area contributed by atoms with Gasteiger partial charge in [-0.2, -0.15) is 0 Å². The quantitative estimate of drug-likeness (QED) is 0.885. The van der Waals surface area contributed by atoms with E-state index in [0.717, 1.165) is 18.2 Å². The molecule has 0 aliphatic heterocycles. The number of rotatable bonds is 3. The molecule has 17 heavy (non-hydrogen) atoms. The summed E-state index contributed by atoms with van der Waals surface area (Å²) in [5.74, 6) is -0.838. The fourth-order valence-corrected chi connectivity index (χ4v) is 2.45. The lowest BCUT2D eigenvalue weighted by Crippen LogP contribution is -2.25. The van der Waals surface area contributed by atoms with E-state index in [1.807, 2.05) is 11.5 Å². The molecule has 0 radical (unpaired) electrons. The zero-order valence-corrected chi connectivity index (χ0v) is 9.99. The third-order valence-electron chi connectivity index (χ3n) is 3.44. The molecule has 0 unspecified atom stereocenters. The summed E-state index contributed by atoms with van der Waals surface area (Å²) in [5.41, 5.74) is 5.57. The highest BCUT2D eigenvalue weighted by Crippen LogP contribution is 2.40. The number of aromatic nitrogens is 3. The Bertz CT molecular complexity index is 379. The van der Waals surface area contributed by atoms with Gasteiger partial charge in [0.05, 0.1) is 6.54 Å². The number of halogens is 2. The Morgan fingerprint density at radius 3 is 2.53 bits per heavy atom. The Labute approximate surface area is 99.2 Å². The van der Waals surface area contributed by atoms with Crippen molar-refractivity contribution in [2.45, 2.75) is 57.5 Å². The highest BCUT2D eigenvalue weighted by molar-refractivity contribution is 5.04. The van der Waals surface area contributed by atoms with E-state index in [9.17, 15) is 8.78 Å². The predicted molar refractivity (Wildman–Crippen MR) is 59.7 cm³/mol. The summed E-state index contributed by atoms with van der Waals surface area (Å²) in [5, 5.41) is 8.13. The van der Waals surface area contributed by atoms with Crippen LogP contribution in [0.15, 0.2) is 0 Å². The van der Waals surface area contributed by atoms with Crippen LogP contribution in [0.3, 0.4) is 0 Å². The molecule has 2 N–H and O–H groups in total. The third-order valence-corrected chi connectivity index (χ3v) is 3.44. The maximum Gasteiger partial charge on any atom is 0.248 e. The first-order valence-electron chi connectivity index (χ1n) is 6.07. The van der Waals surface area contributed by atoms with E-state index in [0.29, 0.717) is 19.4 Å². The van der Waals surface area contributed by atoms with Crippen LogP contribution in [-0.4, -0.2) is 20.7 Å². The van der Waals surface area contributed by atoms with Crippen molar-refractivity contribution in [2.24, 2.45) is 5.73 Å². The van der Waals surface area contributed by atoms with Gasteiger partial charge in [-0.3, -0.25) is 0 Å². The van der Waals surface area contributed by atoms with Gasteiger partial charge in [0.1, 0.15) is 11.6 Å². The zero-order chi connectivity index (χ0) is 12.5. The van der Waals surface area contributed by atoms with E-state index in [2.05, 4.69) is 10.2 Å². The van der Waals surface area contributed by atoms with E-state index in [1.54, 1.807) is 0 Å². The molecule has 6 heteroatoms. The Balaban J connectivity index is 2.15. The first kappa shape index (κ1) is 12.4. The van der Waals surface area contributed by atoms with E-state index >= 15 is 0 Å². The van der Waals surface area contributed by atoms with Crippen molar-refractivity contribution in [3.05, 3.63) is 11.6 Å². The highest BCUT2D eigenvalue weighted by Gasteiger charge is 2.37. The number of hydrogen-bond acceptors (Lipinski definition) is 3. The van der Waals surface area contributed by atoms with Crippen molar-refractivity contribution in [1.82, 2.24) is 14.8 Å². The Kier molecular flexibility index (Phi) is 3.42. The molecule has 1 aliphatic carbocycles. The second-order valence-corrected chi connectivity index (χ2v) is 4.55. The summed E-state index contributed by atoms with van der Waals surface area (Å²) in [6.45, 7) is 3.06. The Morgan fingerprint density at radius 2 is 2.00 bits per heavy atom. The molecule has 4 nitrogen and oxygen atoms in total. The van der Waals surface area contributed by atoms with E-state index in [-0.39, 0.29) is 18.8 Å². The van der Waals surface area contributed by atoms with Crippen molar-refractivity contribution < 1.29 is 8.78 Å². The molecule has 0 aromatic carbocycles. The molecule has 0 spiro atoms. The normalized spacial score (nSPS) is 20.7. The molecule has 0 atom stereocenters. The second kappa shape index (κ2) is 4.68. The van der Waals surface area contributed by atoms with Crippen molar-refractivity contribution in [3.8, 4) is 0 Å². The monoisotopic (exact) mass is 244 g/mol. The summed E-state index contributed by atoms with van der Waals surface area (Å²) < 4.78 is 28.1. The maximum absolute atomic E-state index is 13.1. The first-order chi connectivity index (χ1) is 8.07. The van der Waals surface area contributed by atoms with Gasteiger partial charge >= 0.3 is 0 Å². The maximum atomic E-state index is 13.1. The van der Waals surface area contributed by atoms with Crippen LogP contribution >= 0.6 is 0 Å². The molecular weight excluding hydrogens is 226 g/mol. The van der Waals surface area contributed by atoms with Gasteiger partial charge in [0.25, 0.3) is 0 Å². The second-order valence-electron chi connectivity index (χ2n) is 4.55. The Morgan fingerprint density at radius 1 is 1.35 bits per heavy atom. The zero-order valence-electron chi connectivity index (χ0n) is 9.99. The minimum atomic E-state index is -2.50. The summed E-state index contributed by atoms with van der Waals surface area (Å²) in [6, 6.07) is 0. The molecule has 1 saturated carbocycles. The van der Waals surface area contributed by atoms with Gasteiger partial charge in [-0.05, 0) is 19.8 Å². The Hall–Kier alpha value is -1.04. The van der Waals surface area contributed by atoms with Gasteiger partial charge in [0, 0.05) is 25.3 Å². The van der Waals surface area contributed by atoms with Crippen LogP contribution in [-0.2, 0) is 13.1 Å². The summed E-state index contributed by atoms with van der Waals surface area (Å²) in [4.78, 5) is 0. The SMILES string of the molecule is CCn1c(CN)nnc1C1CCC(F)(F)CC1. The molecule has 96 valence electrons. The fraction of sp³-hybridized carbons (Fsp3) is 0.818. The molecule has 0 saturated heterocycles. The number of nitrogens with two attached hydrogens (primary N) is 1. The van der Waals surface area contributed by atoms with Crippen molar-refractivity contribution in [2.75, 3.05) is 0 Å². The molecular formula is C11H18F2N4. The summed E-state index contributed by atoms with van der Waals surface area (Å²) in [6.07, 6.45) is 0.865. The fourth-order valence-electron chi connectivity index (χ4n) is 2.45. The summed E-state index contributed by atoms with van der Waals surface area (Å²) >= 11 is 0. The average Bonchev–Trinajstić information content (AvgIpc) is 2.71. The number of nitrogens with zero attached hydrogens (tertiary/aromatic N) is 3. The van der Waals surface area contributed by atoms with Crippen LogP contribution in [0, 0.1) is 0 Å². The van der Waals surface area contributed by atoms with Gasteiger partial charge < -0.3 is 10.3 Å². The predicted octanol–water partition coefficient (Wildman–Crippen LogP) is 2.05. The van der Waals surface area contributed by atoms with E-state index < -0.39 is 5.92 Å². The van der Waals surface area contributed by atoms with Gasteiger partial charge in [-0.1, -0.05) is 0 Å². The lowest BCUT2D eigenvalue weighted by atomic mass is 9.86. The van der Waals surface area contributed by atoms with Crippen LogP contribution < -0.4 is 5.73 Å². The van der Waals surface area contributed by atoms with Crippen LogP contribution in [0.1, 0.15) is 50.2 Å². The molecule has 0 amide bonds. The van der Waals surface area contributed by atoms with Crippen LogP contribution in [0.5, 0.6) is 0 Å². The molecule has 1 aromatic heterocycles. The van der Waals surface area contributed by atoms with Gasteiger partial charge in [-0.25, -0.2) is 8.78 Å². The minimum Gasteiger partial charge on any atom is -0.324 e. The topological polar surface area (TPSA) is 56.7 Å². The minimum absolute atomic E-state index is 0.0494. The van der Waals surface area contributed by atoms with Crippen LogP contribution in [0.25, 0.3) is 0 Å². The highest BCUT2D eigenvalue weighted by atomic mass is 19.3. The first-order valence-corrected chi connectivity index (χ1v) is 6.07. The third kappa shape index (κ3) is 2.46. The van der Waals surface area contributed by atoms with Gasteiger partial charge in [-0.15, -0.1) is 10.2 Å². The summed E-state index contributed by atoms with van der Waals surface area (Å²) in [7, 11) is 0. The van der Waals surface area contributed by atoms with Crippen molar-refractivity contribution in [1.29, 1.82) is 0 Å². The van der Waals surface area contributed by atoms with Crippen molar-refractivity contribution in [3.63, 3.8) is 0 Å². The lowest BCUT2D eigenvalue weighted by molar-refractivity contribution is -0.0390. The van der Waals surface area contributed by atoms with Crippen LogP contribution in [0.4, 0.5) is 8.78 Å². The number of hydrogen-bond donors (Lipinski definition) is 1. The molecule has 1 aromatic rings. The largest absolute Gasteiger partial charge is 0.324 e. The molecule has 1 fully saturated rings. The van der Waals surface area contributed by atoms with E-state index in [1.165, 1.54) is 0 Å². The molecule has 1 heterocycles. The van der Waals surface area contributed by atoms with Gasteiger partial charge in [0.2, 0.25) is 5.92 Å². The van der Waals surface area contributed by atoms with Crippen LogP contribution in [0.2, 0.25) is 0 Å². The number of alkyl halides is 2.